The number of nitrogens with zero attached hydrogens (tertiary/aromatic N) is 5. The molecule has 1 aromatic carbocycles. The number of halogens is 3. The first-order valence-electron chi connectivity index (χ1n) is 10.6. The Bertz CT molecular complexity index is 1080. The molecule has 2 atom stereocenters. The van der Waals surface area contributed by atoms with Gasteiger partial charge in [-0.15, -0.1) is 5.10 Å². The van der Waals surface area contributed by atoms with Crippen molar-refractivity contribution in [3.05, 3.63) is 39.7 Å². The van der Waals surface area contributed by atoms with E-state index < -0.39 is 18.6 Å². The van der Waals surface area contributed by atoms with Crippen LogP contribution in [0.15, 0.2) is 12.1 Å². The summed E-state index contributed by atoms with van der Waals surface area (Å²) < 4.78 is 33.7. The first-order valence-corrected chi connectivity index (χ1v) is 11.0. The summed E-state index contributed by atoms with van der Waals surface area (Å²) in [6.45, 7) is 2.02. The number of benzene rings is 1. The highest BCUT2D eigenvalue weighted by Crippen LogP contribution is 2.41. The molecule has 0 spiro atoms. The van der Waals surface area contributed by atoms with Crippen molar-refractivity contribution in [1.82, 2.24) is 24.8 Å². The summed E-state index contributed by atoms with van der Waals surface area (Å²) in [5, 5.41) is 17.7. The lowest BCUT2D eigenvalue weighted by Gasteiger charge is -2.39. The number of alkyl halides is 2. The minimum atomic E-state index is -2.78. The SMILES string of the molecule is CC1CCC(=O)N1C[C@@H]1c2c(OCc3nnn(C)c3C(F)F)ccc(Cl)c2CCN1C(=O)O. The van der Waals surface area contributed by atoms with Crippen LogP contribution in [0.3, 0.4) is 0 Å². The van der Waals surface area contributed by atoms with Gasteiger partial charge in [0.2, 0.25) is 5.91 Å². The second kappa shape index (κ2) is 9.12. The molecule has 1 unspecified atom stereocenters. The first-order chi connectivity index (χ1) is 15.7. The monoisotopic (exact) mass is 483 g/mol. The fourth-order valence-corrected chi connectivity index (χ4v) is 4.85. The van der Waals surface area contributed by atoms with Crippen molar-refractivity contribution in [2.75, 3.05) is 13.1 Å². The maximum Gasteiger partial charge on any atom is 0.407 e. The molecule has 12 heteroatoms. The van der Waals surface area contributed by atoms with Crippen LogP contribution in [0.5, 0.6) is 5.75 Å². The number of fused-ring (bicyclic) bond motifs is 1. The van der Waals surface area contributed by atoms with Gasteiger partial charge in [-0.1, -0.05) is 16.8 Å². The van der Waals surface area contributed by atoms with E-state index in [1.807, 2.05) is 6.92 Å². The molecule has 0 aliphatic carbocycles. The van der Waals surface area contributed by atoms with E-state index in [-0.39, 0.29) is 43.0 Å². The van der Waals surface area contributed by atoms with Gasteiger partial charge in [0.15, 0.2) is 0 Å². The van der Waals surface area contributed by atoms with Crippen LogP contribution in [0.2, 0.25) is 5.02 Å². The molecule has 0 bridgehead atoms. The lowest BCUT2D eigenvalue weighted by Crippen LogP contribution is -2.46. The number of hydrogen-bond donors (Lipinski definition) is 1. The number of carbonyl (C=O) groups excluding carboxylic acids is 1. The van der Waals surface area contributed by atoms with Crippen LogP contribution in [0, 0.1) is 0 Å². The minimum Gasteiger partial charge on any atom is -0.487 e. The predicted octanol–water partition coefficient (Wildman–Crippen LogP) is 3.57. The zero-order valence-corrected chi connectivity index (χ0v) is 18.9. The Morgan fingerprint density at radius 3 is 2.76 bits per heavy atom. The molecule has 1 aromatic heterocycles. The molecule has 1 N–H and O–H groups in total. The van der Waals surface area contributed by atoms with Crippen molar-refractivity contribution >= 4 is 23.6 Å². The average molecular weight is 484 g/mol. The molecular weight excluding hydrogens is 460 g/mol. The summed E-state index contributed by atoms with van der Waals surface area (Å²) in [6, 6.07) is 2.50. The second-order valence-electron chi connectivity index (χ2n) is 8.25. The molecule has 2 aliphatic rings. The van der Waals surface area contributed by atoms with Crippen LogP contribution >= 0.6 is 11.6 Å². The quantitative estimate of drug-likeness (QED) is 0.674. The van der Waals surface area contributed by atoms with E-state index >= 15 is 0 Å². The summed E-state index contributed by atoms with van der Waals surface area (Å²) in [5.74, 6) is 0.279. The Kier molecular flexibility index (Phi) is 6.42. The number of amides is 2. The number of rotatable bonds is 6. The molecule has 33 heavy (non-hydrogen) atoms. The smallest absolute Gasteiger partial charge is 0.407 e. The van der Waals surface area contributed by atoms with Crippen molar-refractivity contribution in [2.45, 2.75) is 51.3 Å². The van der Waals surface area contributed by atoms with Crippen LogP contribution in [-0.4, -0.2) is 61.0 Å². The Morgan fingerprint density at radius 2 is 2.12 bits per heavy atom. The standard InChI is InChI=1S/C21H24ClF2N5O4/c1-11-3-6-17(30)29(11)9-15-18-12(7-8-28(15)21(31)32)13(22)4-5-16(18)33-10-14-19(20(23)24)27(2)26-25-14/h4-5,11,15,20H,3,6-10H2,1-2H3,(H,31,32)/t11?,15-/m1/s1. The highest BCUT2D eigenvalue weighted by molar-refractivity contribution is 6.31. The minimum absolute atomic E-state index is 0.0120. The molecule has 4 rings (SSSR count). The van der Waals surface area contributed by atoms with Gasteiger partial charge < -0.3 is 14.7 Å². The van der Waals surface area contributed by atoms with Gasteiger partial charge in [0.1, 0.15) is 23.7 Å². The van der Waals surface area contributed by atoms with Gasteiger partial charge >= 0.3 is 6.09 Å². The third-order valence-corrected chi connectivity index (χ3v) is 6.68. The molecule has 2 amide bonds. The van der Waals surface area contributed by atoms with E-state index in [1.54, 1.807) is 17.0 Å². The van der Waals surface area contributed by atoms with Crippen molar-refractivity contribution in [3.63, 3.8) is 0 Å². The fourth-order valence-electron chi connectivity index (χ4n) is 4.59. The summed E-state index contributed by atoms with van der Waals surface area (Å²) in [4.78, 5) is 27.4. The summed E-state index contributed by atoms with van der Waals surface area (Å²) in [6.07, 6.45) is -2.42. The van der Waals surface area contributed by atoms with E-state index in [2.05, 4.69) is 10.3 Å². The maximum absolute atomic E-state index is 13.4. The Balaban J connectivity index is 1.71. The van der Waals surface area contributed by atoms with Gasteiger partial charge in [-0.05, 0) is 37.5 Å². The van der Waals surface area contributed by atoms with Gasteiger partial charge in [0.05, 0.1) is 6.04 Å². The van der Waals surface area contributed by atoms with Gasteiger partial charge in [-0.25, -0.2) is 18.3 Å². The largest absolute Gasteiger partial charge is 0.487 e. The zero-order chi connectivity index (χ0) is 23.9. The van der Waals surface area contributed by atoms with Crippen molar-refractivity contribution in [1.29, 1.82) is 0 Å². The number of carboxylic acid groups (broad SMARTS) is 1. The number of aromatic nitrogens is 3. The van der Waals surface area contributed by atoms with Crippen LogP contribution in [-0.2, 0) is 24.9 Å². The van der Waals surface area contributed by atoms with Crippen molar-refractivity contribution in [2.24, 2.45) is 7.05 Å². The molecule has 0 saturated carbocycles. The van der Waals surface area contributed by atoms with E-state index in [1.165, 1.54) is 11.9 Å². The summed E-state index contributed by atoms with van der Waals surface area (Å²) in [5.41, 5.74) is 0.912. The highest BCUT2D eigenvalue weighted by atomic mass is 35.5. The van der Waals surface area contributed by atoms with E-state index in [0.717, 1.165) is 10.2 Å². The Morgan fingerprint density at radius 1 is 1.36 bits per heavy atom. The number of hydrogen-bond acceptors (Lipinski definition) is 5. The molecule has 9 nitrogen and oxygen atoms in total. The van der Waals surface area contributed by atoms with Gasteiger partial charge in [0.25, 0.3) is 6.43 Å². The second-order valence-corrected chi connectivity index (χ2v) is 8.65. The van der Waals surface area contributed by atoms with Crippen LogP contribution in [0.1, 0.15) is 54.7 Å². The van der Waals surface area contributed by atoms with Crippen LogP contribution in [0.4, 0.5) is 13.6 Å². The van der Waals surface area contributed by atoms with Crippen LogP contribution < -0.4 is 4.74 Å². The summed E-state index contributed by atoms with van der Waals surface area (Å²) in [7, 11) is 1.37. The normalized spacial score (nSPS) is 20.5. The third-order valence-electron chi connectivity index (χ3n) is 6.33. The van der Waals surface area contributed by atoms with Crippen molar-refractivity contribution in [3.8, 4) is 5.75 Å². The molecule has 3 heterocycles. The number of carbonyl (C=O) groups is 2. The maximum atomic E-state index is 13.4. The van der Waals surface area contributed by atoms with Crippen LogP contribution in [0.25, 0.3) is 0 Å². The van der Waals surface area contributed by atoms with Gasteiger partial charge in [-0.3, -0.25) is 9.69 Å². The van der Waals surface area contributed by atoms with E-state index in [4.69, 9.17) is 16.3 Å². The lowest BCUT2D eigenvalue weighted by atomic mass is 9.91. The first kappa shape index (κ1) is 23.2. The fraction of sp³-hybridized carbons (Fsp3) is 0.524. The lowest BCUT2D eigenvalue weighted by molar-refractivity contribution is -0.129. The Hall–Kier alpha value is -2.95. The molecule has 1 saturated heterocycles. The average Bonchev–Trinajstić information content (AvgIpc) is 3.29. The molecule has 0 radical (unpaired) electrons. The Labute approximate surface area is 193 Å². The zero-order valence-electron chi connectivity index (χ0n) is 18.2. The third kappa shape index (κ3) is 4.33. The molecule has 2 aliphatic heterocycles. The van der Waals surface area contributed by atoms with E-state index in [0.29, 0.717) is 35.6 Å². The number of likely N-dealkylation sites (tertiary alicyclic amines) is 1. The molecular formula is C21H24ClF2N5O4. The topological polar surface area (TPSA) is 101 Å². The van der Waals surface area contributed by atoms with Crippen molar-refractivity contribution < 1.29 is 28.2 Å². The predicted molar refractivity (Wildman–Crippen MR) is 113 cm³/mol. The highest BCUT2D eigenvalue weighted by Gasteiger charge is 2.39. The molecule has 178 valence electrons. The number of ether oxygens (including phenoxy) is 1. The van der Waals surface area contributed by atoms with E-state index in [9.17, 15) is 23.5 Å². The van der Waals surface area contributed by atoms with Gasteiger partial charge in [-0.2, -0.15) is 0 Å². The molecule has 1 fully saturated rings. The van der Waals surface area contributed by atoms with Gasteiger partial charge in [0, 0.05) is 43.2 Å². The molecule has 2 aromatic rings. The number of aryl methyl sites for hydroxylation is 1. The summed E-state index contributed by atoms with van der Waals surface area (Å²) >= 11 is 6.44.